The summed E-state index contributed by atoms with van der Waals surface area (Å²) in [5.74, 6) is -0.0768. The average molecular weight is 283 g/mol. The molecule has 1 heterocycles. The van der Waals surface area contributed by atoms with Gasteiger partial charge in [0, 0.05) is 12.2 Å². The molecule has 0 aliphatic rings. The molecular weight excluding hydrogens is 262 g/mol. The highest BCUT2D eigenvalue weighted by Gasteiger charge is 2.21. The van der Waals surface area contributed by atoms with Crippen LogP contribution in [-0.2, 0) is 11.3 Å². The third-order valence-corrected chi connectivity index (χ3v) is 3.42. The number of nitrogens with two attached hydrogens (primary N) is 1. The van der Waals surface area contributed by atoms with Crippen LogP contribution >= 0.6 is 0 Å². The summed E-state index contributed by atoms with van der Waals surface area (Å²) in [6, 6.07) is 14.6. The average Bonchev–Trinajstić information content (AvgIpc) is 2.52. The number of hydrogen-bond donors (Lipinski definition) is 1. The van der Waals surface area contributed by atoms with Crippen LogP contribution in [0.15, 0.2) is 48.5 Å². The van der Waals surface area contributed by atoms with Crippen molar-refractivity contribution in [2.24, 2.45) is 5.73 Å². The van der Waals surface area contributed by atoms with E-state index in [0.29, 0.717) is 13.1 Å². The van der Waals surface area contributed by atoms with E-state index in [4.69, 9.17) is 5.73 Å². The lowest BCUT2D eigenvalue weighted by Gasteiger charge is -2.24. The molecule has 4 nitrogen and oxygen atoms in total. The molecular formula is C17H21N3O. The summed E-state index contributed by atoms with van der Waals surface area (Å²) in [7, 11) is 0. The molecule has 1 amide bonds. The lowest BCUT2D eigenvalue weighted by atomic mass is 10.1. The van der Waals surface area contributed by atoms with Crippen molar-refractivity contribution in [3.8, 4) is 0 Å². The predicted octanol–water partition coefficient (Wildman–Crippen LogP) is 2.44. The van der Waals surface area contributed by atoms with E-state index in [1.54, 1.807) is 4.90 Å². The van der Waals surface area contributed by atoms with Gasteiger partial charge in [0.1, 0.15) is 6.04 Å². The Morgan fingerprint density at radius 2 is 1.90 bits per heavy atom. The van der Waals surface area contributed by atoms with Crippen molar-refractivity contribution in [1.82, 2.24) is 9.88 Å². The molecule has 0 spiro atoms. The first-order valence-electron chi connectivity index (χ1n) is 7.13. The minimum absolute atomic E-state index is 0.0768. The van der Waals surface area contributed by atoms with Crippen molar-refractivity contribution < 1.29 is 4.79 Å². The van der Waals surface area contributed by atoms with Gasteiger partial charge in [0.2, 0.25) is 5.91 Å². The fourth-order valence-electron chi connectivity index (χ4n) is 2.23. The lowest BCUT2D eigenvalue weighted by molar-refractivity contribution is -0.133. The molecule has 0 saturated heterocycles. The number of aromatic nitrogens is 1. The largest absolute Gasteiger partial charge is 0.335 e. The van der Waals surface area contributed by atoms with Gasteiger partial charge in [0.05, 0.1) is 12.2 Å². The summed E-state index contributed by atoms with van der Waals surface area (Å²) in [4.78, 5) is 18.7. The monoisotopic (exact) mass is 283 g/mol. The van der Waals surface area contributed by atoms with E-state index < -0.39 is 6.04 Å². The van der Waals surface area contributed by atoms with Crippen molar-refractivity contribution in [1.29, 1.82) is 0 Å². The van der Waals surface area contributed by atoms with Gasteiger partial charge in [-0.25, -0.2) is 0 Å². The quantitative estimate of drug-likeness (QED) is 0.917. The molecule has 0 saturated carbocycles. The van der Waals surface area contributed by atoms with Gasteiger partial charge >= 0.3 is 0 Å². The third kappa shape index (κ3) is 3.89. The zero-order valence-electron chi connectivity index (χ0n) is 12.5. The Kier molecular flexibility index (Phi) is 5.06. The Labute approximate surface area is 125 Å². The number of amides is 1. The van der Waals surface area contributed by atoms with E-state index in [-0.39, 0.29) is 5.91 Å². The van der Waals surface area contributed by atoms with Gasteiger partial charge in [-0.15, -0.1) is 0 Å². The minimum atomic E-state index is -0.629. The fourth-order valence-corrected chi connectivity index (χ4v) is 2.23. The number of rotatable bonds is 5. The van der Waals surface area contributed by atoms with E-state index in [9.17, 15) is 4.79 Å². The summed E-state index contributed by atoms with van der Waals surface area (Å²) in [5.41, 5.74) is 8.75. The van der Waals surface area contributed by atoms with Crippen molar-refractivity contribution in [2.45, 2.75) is 26.4 Å². The Bertz CT molecular complexity index is 598. The first-order chi connectivity index (χ1) is 10.1. The van der Waals surface area contributed by atoms with E-state index in [0.717, 1.165) is 17.0 Å². The maximum atomic E-state index is 12.5. The SMILES string of the molecule is CCN(Cc1cccc(C)n1)C(=O)[C@H](N)c1ccccc1. The summed E-state index contributed by atoms with van der Waals surface area (Å²) < 4.78 is 0. The second-order valence-corrected chi connectivity index (χ2v) is 5.01. The number of hydrogen-bond acceptors (Lipinski definition) is 3. The highest BCUT2D eigenvalue weighted by molar-refractivity contribution is 5.83. The van der Waals surface area contributed by atoms with Crippen molar-refractivity contribution in [3.05, 3.63) is 65.5 Å². The second kappa shape index (κ2) is 6.99. The van der Waals surface area contributed by atoms with Crippen LogP contribution in [0.3, 0.4) is 0 Å². The van der Waals surface area contributed by atoms with E-state index in [2.05, 4.69) is 4.98 Å². The van der Waals surface area contributed by atoms with Gasteiger partial charge in [-0.3, -0.25) is 9.78 Å². The molecule has 0 fully saturated rings. The molecule has 0 unspecified atom stereocenters. The predicted molar refractivity (Wildman–Crippen MR) is 83.4 cm³/mol. The zero-order chi connectivity index (χ0) is 15.2. The van der Waals surface area contributed by atoms with Crippen LogP contribution in [0.5, 0.6) is 0 Å². The number of pyridine rings is 1. The molecule has 2 aromatic rings. The van der Waals surface area contributed by atoms with Gasteiger partial charge in [0.15, 0.2) is 0 Å². The van der Waals surface area contributed by atoms with Gasteiger partial charge < -0.3 is 10.6 Å². The minimum Gasteiger partial charge on any atom is -0.335 e. The van der Waals surface area contributed by atoms with Gasteiger partial charge in [0.25, 0.3) is 0 Å². The van der Waals surface area contributed by atoms with Gasteiger partial charge in [-0.1, -0.05) is 36.4 Å². The van der Waals surface area contributed by atoms with E-state index >= 15 is 0 Å². The number of carbonyl (C=O) groups excluding carboxylic acids is 1. The summed E-state index contributed by atoms with van der Waals surface area (Å²) >= 11 is 0. The van der Waals surface area contributed by atoms with Crippen LogP contribution < -0.4 is 5.73 Å². The van der Waals surface area contributed by atoms with Crippen molar-refractivity contribution >= 4 is 5.91 Å². The van der Waals surface area contributed by atoms with Crippen LogP contribution in [0.25, 0.3) is 0 Å². The Morgan fingerprint density at radius 3 is 2.52 bits per heavy atom. The highest BCUT2D eigenvalue weighted by Crippen LogP contribution is 2.14. The molecule has 0 aliphatic heterocycles. The molecule has 0 radical (unpaired) electrons. The number of nitrogens with zero attached hydrogens (tertiary/aromatic N) is 2. The van der Waals surface area contributed by atoms with Crippen LogP contribution in [-0.4, -0.2) is 22.3 Å². The smallest absolute Gasteiger partial charge is 0.244 e. The zero-order valence-corrected chi connectivity index (χ0v) is 12.5. The number of aryl methyl sites for hydroxylation is 1. The maximum Gasteiger partial charge on any atom is 0.244 e. The van der Waals surface area contributed by atoms with Crippen molar-refractivity contribution in [2.75, 3.05) is 6.54 Å². The second-order valence-electron chi connectivity index (χ2n) is 5.01. The van der Waals surface area contributed by atoms with E-state index in [1.807, 2.05) is 62.4 Å². The topological polar surface area (TPSA) is 59.2 Å². The molecule has 2 rings (SSSR count). The van der Waals surface area contributed by atoms with Crippen LogP contribution in [0.1, 0.15) is 29.9 Å². The summed E-state index contributed by atoms with van der Waals surface area (Å²) in [6.45, 7) is 4.98. The normalized spacial score (nSPS) is 12.0. The Balaban J connectivity index is 2.12. The molecule has 0 aliphatic carbocycles. The first kappa shape index (κ1) is 15.2. The lowest BCUT2D eigenvalue weighted by Crippen LogP contribution is -2.38. The summed E-state index contributed by atoms with van der Waals surface area (Å²) in [5, 5.41) is 0. The highest BCUT2D eigenvalue weighted by atomic mass is 16.2. The number of carbonyl (C=O) groups is 1. The van der Waals surface area contributed by atoms with E-state index in [1.165, 1.54) is 0 Å². The molecule has 110 valence electrons. The van der Waals surface area contributed by atoms with Crippen molar-refractivity contribution in [3.63, 3.8) is 0 Å². The molecule has 2 N–H and O–H groups in total. The number of benzene rings is 1. The first-order valence-corrected chi connectivity index (χ1v) is 7.13. The molecule has 4 heteroatoms. The van der Waals surface area contributed by atoms with Gasteiger partial charge in [-0.05, 0) is 31.5 Å². The summed E-state index contributed by atoms with van der Waals surface area (Å²) in [6.07, 6.45) is 0. The standard InChI is InChI=1S/C17H21N3O/c1-3-20(12-15-11-7-8-13(2)19-15)17(21)16(18)14-9-5-4-6-10-14/h4-11,16H,3,12,18H2,1-2H3/t16-/m1/s1. The molecule has 1 atom stereocenters. The van der Waals surface area contributed by atoms with Gasteiger partial charge in [-0.2, -0.15) is 0 Å². The van der Waals surface area contributed by atoms with Crippen LogP contribution in [0.2, 0.25) is 0 Å². The Hall–Kier alpha value is -2.20. The fraction of sp³-hybridized carbons (Fsp3) is 0.294. The number of likely N-dealkylation sites (N-methyl/N-ethyl adjacent to an activating group) is 1. The third-order valence-electron chi connectivity index (χ3n) is 3.42. The van der Waals surface area contributed by atoms with Crippen LogP contribution in [0, 0.1) is 6.92 Å². The molecule has 21 heavy (non-hydrogen) atoms. The van der Waals surface area contributed by atoms with Crippen LogP contribution in [0.4, 0.5) is 0 Å². The maximum absolute atomic E-state index is 12.5. The Morgan fingerprint density at radius 1 is 1.19 bits per heavy atom. The molecule has 1 aromatic heterocycles. The molecule has 0 bridgehead atoms. The molecule has 1 aromatic carbocycles.